The van der Waals surface area contributed by atoms with Crippen LogP contribution in [-0.4, -0.2) is 10.9 Å². The molecule has 1 aromatic rings. The lowest BCUT2D eigenvalue weighted by Gasteiger charge is -1.99. The van der Waals surface area contributed by atoms with Crippen molar-refractivity contribution < 1.29 is 9.18 Å². The van der Waals surface area contributed by atoms with Crippen molar-refractivity contribution in [2.45, 2.75) is 13.3 Å². The normalized spacial score (nSPS) is 9.65. The van der Waals surface area contributed by atoms with Gasteiger partial charge in [-0.15, -0.1) is 0 Å². The lowest BCUT2D eigenvalue weighted by molar-refractivity contribution is -0.109. The van der Waals surface area contributed by atoms with E-state index >= 15 is 0 Å². The predicted molar refractivity (Wildman–Crippen MR) is 73.7 cm³/mol. The molecule has 17 heavy (non-hydrogen) atoms. The van der Waals surface area contributed by atoms with Crippen LogP contribution in [0.25, 0.3) is 0 Å². The van der Waals surface area contributed by atoms with Crippen LogP contribution < -0.4 is 0 Å². The van der Waals surface area contributed by atoms with E-state index in [9.17, 15) is 9.18 Å². The van der Waals surface area contributed by atoms with Gasteiger partial charge < -0.3 is 0 Å². The Morgan fingerprint density at radius 2 is 2.29 bits per heavy atom. The van der Waals surface area contributed by atoms with Gasteiger partial charge in [0.15, 0.2) is 5.12 Å². The summed E-state index contributed by atoms with van der Waals surface area (Å²) in [6.45, 7) is 1.51. The minimum absolute atomic E-state index is 0.0608. The van der Waals surface area contributed by atoms with E-state index in [1.54, 1.807) is 6.07 Å². The zero-order chi connectivity index (χ0) is 12.8. The number of hydrogen-bond donors (Lipinski definition) is 0. The quantitative estimate of drug-likeness (QED) is 0.593. The summed E-state index contributed by atoms with van der Waals surface area (Å²) in [6, 6.07) is 2.82. The van der Waals surface area contributed by atoms with Gasteiger partial charge >= 0.3 is 0 Å². The van der Waals surface area contributed by atoms with Gasteiger partial charge in [-0.25, -0.2) is 4.39 Å². The highest BCUT2D eigenvalue weighted by atomic mass is 79.9. The first kappa shape index (κ1) is 14.6. The fourth-order valence-electron chi connectivity index (χ4n) is 1.06. The SMILES string of the molecule is CC(=O)SCCC#Cc1c(F)cc(Cl)cc1Br. The Morgan fingerprint density at radius 1 is 1.59 bits per heavy atom. The van der Waals surface area contributed by atoms with Crippen molar-refractivity contribution in [2.75, 3.05) is 5.75 Å². The number of carbonyl (C=O) groups excluding carboxylic acids is 1. The molecule has 0 spiro atoms. The molecule has 0 aliphatic carbocycles. The molecule has 0 amide bonds. The third kappa shape index (κ3) is 5.12. The molecule has 0 aliphatic rings. The molecule has 0 fully saturated rings. The van der Waals surface area contributed by atoms with Crippen molar-refractivity contribution in [3.05, 3.63) is 33.0 Å². The maximum Gasteiger partial charge on any atom is 0.185 e. The molecule has 0 bridgehead atoms. The molecule has 5 heteroatoms. The second-order valence-electron chi connectivity index (χ2n) is 3.14. The predicted octanol–water partition coefficient (Wildman–Crippen LogP) is 4.26. The third-order valence-electron chi connectivity index (χ3n) is 1.75. The maximum atomic E-state index is 13.5. The molecule has 1 nitrogen and oxygen atoms in total. The molecule has 0 aromatic heterocycles. The van der Waals surface area contributed by atoms with Crippen LogP contribution in [0.3, 0.4) is 0 Å². The molecule has 90 valence electrons. The molecule has 0 heterocycles. The summed E-state index contributed by atoms with van der Waals surface area (Å²) in [5, 5.41) is 0.387. The number of rotatable bonds is 2. The van der Waals surface area contributed by atoms with Gasteiger partial charge in [-0.3, -0.25) is 4.79 Å². The average molecular weight is 336 g/mol. The Balaban J connectivity index is 2.69. The van der Waals surface area contributed by atoms with Gasteiger partial charge in [0, 0.05) is 28.6 Å². The van der Waals surface area contributed by atoms with Gasteiger partial charge in [0.05, 0.1) is 5.56 Å². The lowest BCUT2D eigenvalue weighted by Crippen LogP contribution is -1.87. The number of carbonyl (C=O) groups is 1. The van der Waals surface area contributed by atoms with Crippen LogP contribution in [0.5, 0.6) is 0 Å². The van der Waals surface area contributed by atoms with E-state index in [1.807, 2.05) is 0 Å². The summed E-state index contributed by atoms with van der Waals surface area (Å²) >= 11 is 10.1. The standard InChI is InChI=1S/C12H9BrClFOS/c1-8(16)17-5-3-2-4-10-11(13)6-9(14)7-12(10)15/h6-7H,3,5H2,1H3. The molecular formula is C12H9BrClFOS. The van der Waals surface area contributed by atoms with E-state index < -0.39 is 5.82 Å². The van der Waals surface area contributed by atoms with Gasteiger partial charge in [-0.1, -0.05) is 35.2 Å². The first-order valence-corrected chi connectivity index (χ1v) is 6.93. The van der Waals surface area contributed by atoms with Crippen molar-refractivity contribution in [3.8, 4) is 11.8 Å². The summed E-state index contributed by atoms with van der Waals surface area (Å²) in [6.07, 6.45) is 0.540. The largest absolute Gasteiger partial charge is 0.288 e. The molecule has 0 N–H and O–H groups in total. The molecule has 0 atom stereocenters. The Kier molecular flexibility index (Phi) is 6.04. The molecular weight excluding hydrogens is 327 g/mol. The monoisotopic (exact) mass is 334 g/mol. The highest BCUT2D eigenvalue weighted by molar-refractivity contribution is 9.10. The lowest BCUT2D eigenvalue weighted by atomic mass is 10.2. The number of benzene rings is 1. The molecule has 1 rings (SSSR count). The molecule has 0 unspecified atom stereocenters. The summed E-state index contributed by atoms with van der Waals surface area (Å²) in [5.41, 5.74) is 0.294. The maximum absolute atomic E-state index is 13.5. The highest BCUT2D eigenvalue weighted by Crippen LogP contribution is 2.24. The van der Waals surface area contributed by atoms with Crippen LogP contribution >= 0.6 is 39.3 Å². The zero-order valence-electron chi connectivity index (χ0n) is 9.02. The summed E-state index contributed by atoms with van der Waals surface area (Å²) in [4.78, 5) is 10.7. The van der Waals surface area contributed by atoms with E-state index in [0.29, 0.717) is 27.2 Å². The van der Waals surface area contributed by atoms with Gasteiger partial charge in [0.1, 0.15) is 5.82 Å². The van der Waals surface area contributed by atoms with Crippen molar-refractivity contribution in [2.24, 2.45) is 0 Å². The van der Waals surface area contributed by atoms with Crippen molar-refractivity contribution in [1.82, 2.24) is 0 Å². The topological polar surface area (TPSA) is 17.1 Å². The molecule has 0 saturated heterocycles. The summed E-state index contributed by atoms with van der Waals surface area (Å²) in [7, 11) is 0. The van der Waals surface area contributed by atoms with Crippen LogP contribution in [0.4, 0.5) is 4.39 Å². The van der Waals surface area contributed by atoms with Crippen molar-refractivity contribution in [3.63, 3.8) is 0 Å². The Hall–Kier alpha value is -0.500. The third-order valence-corrected chi connectivity index (χ3v) is 3.41. The van der Waals surface area contributed by atoms with Crippen molar-refractivity contribution >= 4 is 44.4 Å². The minimum Gasteiger partial charge on any atom is -0.288 e. The van der Waals surface area contributed by atoms with E-state index in [4.69, 9.17) is 11.6 Å². The molecule has 0 saturated carbocycles. The highest BCUT2D eigenvalue weighted by Gasteiger charge is 2.05. The number of thioether (sulfide) groups is 1. The van der Waals surface area contributed by atoms with E-state index in [2.05, 4.69) is 27.8 Å². The van der Waals surface area contributed by atoms with E-state index in [-0.39, 0.29) is 5.12 Å². The number of hydrogen-bond acceptors (Lipinski definition) is 2. The zero-order valence-corrected chi connectivity index (χ0v) is 12.2. The van der Waals surface area contributed by atoms with Crippen LogP contribution in [0.2, 0.25) is 5.02 Å². The van der Waals surface area contributed by atoms with E-state index in [0.717, 1.165) is 0 Å². The van der Waals surface area contributed by atoms with Gasteiger partial charge in [-0.2, -0.15) is 0 Å². The average Bonchev–Trinajstić information content (AvgIpc) is 2.20. The smallest absolute Gasteiger partial charge is 0.185 e. The second kappa shape index (κ2) is 7.05. The van der Waals surface area contributed by atoms with Crippen LogP contribution in [0, 0.1) is 17.7 Å². The first-order chi connectivity index (χ1) is 8.00. The van der Waals surface area contributed by atoms with Crippen molar-refractivity contribution in [1.29, 1.82) is 0 Å². The van der Waals surface area contributed by atoms with E-state index in [1.165, 1.54) is 24.8 Å². The summed E-state index contributed by atoms with van der Waals surface area (Å²) < 4.78 is 14.0. The Bertz CT molecular complexity index is 470. The van der Waals surface area contributed by atoms with Gasteiger partial charge in [-0.05, 0) is 28.1 Å². The summed E-state index contributed by atoms with van der Waals surface area (Å²) in [5.74, 6) is 5.72. The Labute approximate surface area is 117 Å². The molecule has 0 aliphatic heterocycles. The van der Waals surface area contributed by atoms with Gasteiger partial charge in [0.25, 0.3) is 0 Å². The number of halogens is 3. The molecule has 0 radical (unpaired) electrons. The molecule has 1 aromatic carbocycles. The first-order valence-electron chi connectivity index (χ1n) is 4.77. The van der Waals surface area contributed by atoms with Crippen LogP contribution in [0.1, 0.15) is 18.9 Å². The Morgan fingerprint density at radius 3 is 2.88 bits per heavy atom. The van der Waals surface area contributed by atoms with Crippen LogP contribution in [0.15, 0.2) is 16.6 Å². The fourth-order valence-corrected chi connectivity index (χ4v) is 2.42. The minimum atomic E-state index is -0.448. The van der Waals surface area contributed by atoms with Crippen LogP contribution in [-0.2, 0) is 4.79 Å². The second-order valence-corrected chi connectivity index (χ2v) is 5.70. The van der Waals surface area contributed by atoms with Gasteiger partial charge in [0.2, 0.25) is 0 Å². The fraction of sp³-hybridized carbons (Fsp3) is 0.250.